The second kappa shape index (κ2) is 7.59. The number of aromatic nitrogens is 2. The lowest BCUT2D eigenvalue weighted by Gasteiger charge is -2.14. The van der Waals surface area contributed by atoms with Crippen LogP contribution in [0.25, 0.3) is 0 Å². The van der Waals surface area contributed by atoms with E-state index >= 15 is 0 Å². The van der Waals surface area contributed by atoms with Gasteiger partial charge in [0.05, 0.1) is 11.1 Å². The van der Waals surface area contributed by atoms with Crippen LogP contribution in [0, 0.1) is 0 Å². The van der Waals surface area contributed by atoms with Gasteiger partial charge in [0.25, 0.3) is 0 Å². The van der Waals surface area contributed by atoms with E-state index < -0.39 is 0 Å². The lowest BCUT2D eigenvalue weighted by molar-refractivity contribution is 0.261. The Morgan fingerprint density at radius 1 is 1.15 bits per heavy atom. The van der Waals surface area contributed by atoms with E-state index in [1.54, 1.807) is 18.5 Å². The first-order valence-corrected chi connectivity index (χ1v) is 8.06. The molecule has 0 aliphatic rings. The molecule has 2 aromatic rings. The number of alkyl halides is 1. The van der Waals surface area contributed by atoms with Crippen LogP contribution in [-0.2, 0) is 11.9 Å². The second-order valence-electron chi connectivity index (χ2n) is 3.93. The van der Waals surface area contributed by atoms with E-state index in [2.05, 4.69) is 41.8 Å². The van der Waals surface area contributed by atoms with Crippen LogP contribution in [0.5, 0.6) is 11.5 Å². The summed E-state index contributed by atoms with van der Waals surface area (Å²) in [6, 6.07) is 5.73. The van der Waals surface area contributed by atoms with Gasteiger partial charge in [0.15, 0.2) is 17.3 Å². The third kappa shape index (κ3) is 3.93. The highest BCUT2D eigenvalue weighted by molar-refractivity contribution is 9.10. The Bertz CT molecular complexity index is 565. The average Bonchev–Trinajstić information content (AvgIpc) is 2.47. The molecule has 4 nitrogen and oxygen atoms in total. The Morgan fingerprint density at radius 2 is 1.90 bits per heavy atom. The Balaban J connectivity index is 2.21. The van der Waals surface area contributed by atoms with Crippen LogP contribution >= 0.6 is 31.9 Å². The van der Waals surface area contributed by atoms with E-state index in [4.69, 9.17) is 9.47 Å². The highest BCUT2D eigenvalue weighted by atomic mass is 79.9. The zero-order chi connectivity index (χ0) is 14.4. The van der Waals surface area contributed by atoms with Crippen LogP contribution in [0.2, 0.25) is 0 Å². The molecule has 0 aliphatic heterocycles. The van der Waals surface area contributed by atoms with Crippen LogP contribution in [0.1, 0.15) is 18.3 Å². The van der Waals surface area contributed by atoms with Gasteiger partial charge in [0.2, 0.25) is 0 Å². The largest absolute Gasteiger partial charge is 0.490 e. The smallest absolute Gasteiger partial charge is 0.176 e. The Kier molecular flexibility index (Phi) is 5.79. The second-order valence-corrected chi connectivity index (χ2v) is 5.34. The maximum absolute atomic E-state index is 5.79. The number of hydrogen-bond acceptors (Lipinski definition) is 4. The predicted molar refractivity (Wildman–Crippen MR) is 84.3 cm³/mol. The van der Waals surface area contributed by atoms with Gasteiger partial charge in [-0.2, -0.15) is 0 Å². The lowest BCUT2D eigenvalue weighted by Crippen LogP contribution is -2.03. The molecule has 0 saturated heterocycles. The molecule has 0 radical (unpaired) electrons. The molecule has 0 bridgehead atoms. The number of benzene rings is 1. The first-order chi connectivity index (χ1) is 9.74. The summed E-state index contributed by atoms with van der Waals surface area (Å²) in [4.78, 5) is 8.27. The van der Waals surface area contributed by atoms with E-state index in [0.29, 0.717) is 30.5 Å². The fourth-order valence-electron chi connectivity index (χ4n) is 1.64. The van der Waals surface area contributed by atoms with Crippen LogP contribution in [0.4, 0.5) is 0 Å². The van der Waals surface area contributed by atoms with Crippen LogP contribution in [-0.4, -0.2) is 16.6 Å². The van der Waals surface area contributed by atoms with E-state index in [1.807, 2.05) is 19.1 Å². The van der Waals surface area contributed by atoms with Gasteiger partial charge in [-0.1, -0.05) is 15.9 Å². The molecule has 0 amide bonds. The summed E-state index contributed by atoms with van der Waals surface area (Å²) in [6.07, 6.45) is 3.39. The van der Waals surface area contributed by atoms with Crippen molar-refractivity contribution in [2.45, 2.75) is 18.9 Å². The molecule has 1 heterocycles. The summed E-state index contributed by atoms with van der Waals surface area (Å²) in [5.74, 6) is 2.02. The summed E-state index contributed by atoms with van der Waals surface area (Å²) in [7, 11) is 0. The normalized spacial score (nSPS) is 10.3. The summed E-state index contributed by atoms with van der Waals surface area (Å²) in [6.45, 7) is 2.82. The monoisotopic (exact) mass is 400 g/mol. The molecule has 0 aliphatic carbocycles. The van der Waals surface area contributed by atoms with Gasteiger partial charge in [0.1, 0.15) is 6.61 Å². The number of halogens is 2. The van der Waals surface area contributed by atoms with Gasteiger partial charge in [0, 0.05) is 17.7 Å². The molecule has 1 aromatic heterocycles. The molecule has 0 unspecified atom stereocenters. The Labute approximate surface area is 134 Å². The third-order valence-corrected chi connectivity index (χ3v) is 3.72. The van der Waals surface area contributed by atoms with Crippen LogP contribution in [0.15, 0.2) is 35.1 Å². The van der Waals surface area contributed by atoms with E-state index in [-0.39, 0.29) is 0 Å². The molecule has 0 N–H and O–H groups in total. The molecule has 0 atom stereocenters. The van der Waals surface area contributed by atoms with E-state index in [0.717, 1.165) is 15.4 Å². The third-order valence-electron chi connectivity index (χ3n) is 2.49. The van der Waals surface area contributed by atoms with Gasteiger partial charge in [-0.15, -0.1) is 0 Å². The van der Waals surface area contributed by atoms with Crippen molar-refractivity contribution in [2.75, 3.05) is 6.61 Å². The highest BCUT2D eigenvalue weighted by Crippen LogP contribution is 2.37. The van der Waals surface area contributed by atoms with Gasteiger partial charge >= 0.3 is 0 Å². The van der Waals surface area contributed by atoms with Gasteiger partial charge in [-0.3, -0.25) is 0 Å². The maximum atomic E-state index is 5.79. The average molecular weight is 402 g/mol. The Hall–Kier alpha value is -1.14. The maximum Gasteiger partial charge on any atom is 0.176 e. The fourth-order valence-corrected chi connectivity index (χ4v) is 2.57. The molecule has 6 heteroatoms. The minimum atomic E-state index is 0.299. The number of rotatable bonds is 6. The highest BCUT2D eigenvalue weighted by Gasteiger charge is 2.12. The Morgan fingerprint density at radius 3 is 2.55 bits per heavy atom. The molecule has 0 spiro atoms. The molecular weight excluding hydrogens is 388 g/mol. The topological polar surface area (TPSA) is 44.2 Å². The summed E-state index contributed by atoms with van der Waals surface area (Å²) in [5.41, 5.74) is 1.11. The minimum Gasteiger partial charge on any atom is -0.490 e. The van der Waals surface area contributed by atoms with Gasteiger partial charge in [-0.25, -0.2) is 9.97 Å². The zero-order valence-electron chi connectivity index (χ0n) is 11.0. The molecule has 1 aromatic carbocycles. The predicted octanol–water partition coefficient (Wildman–Crippen LogP) is 4.11. The van der Waals surface area contributed by atoms with Crippen molar-refractivity contribution in [3.8, 4) is 11.5 Å². The number of nitrogens with zero attached hydrogens (tertiary/aromatic N) is 2. The number of hydrogen-bond donors (Lipinski definition) is 0. The summed E-state index contributed by atoms with van der Waals surface area (Å²) >= 11 is 6.96. The van der Waals surface area contributed by atoms with Crippen molar-refractivity contribution in [1.82, 2.24) is 9.97 Å². The van der Waals surface area contributed by atoms with Crippen molar-refractivity contribution >= 4 is 31.9 Å². The van der Waals surface area contributed by atoms with Crippen LogP contribution in [0.3, 0.4) is 0 Å². The number of ether oxygens (including phenoxy) is 2. The minimum absolute atomic E-state index is 0.299. The van der Waals surface area contributed by atoms with Crippen molar-refractivity contribution in [1.29, 1.82) is 0 Å². The van der Waals surface area contributed by atoms with Gasteiger partial charge in [-0.05, 0) is 46.6 Å². The van der Waals surface area contributed by atoms with E-state index in [1.165, 1.54) is 0 Å². The molecular formula is C14H14Br2N2O2. The van der Waals surface area contributed by atoms with Crippen molar-refractivity contribution in [2.24, 2.45) is 0 Å². The van der Waals surface area contributed by atoms with Crippen molar-refractivity contribution < 1.29 is 9.47 Å². The summed E-state index contributed by atoms with van der Waals surface area (Å²) < 4.78 is 12.3. The summed E-state index contributed by atoms with van der Waals surface area (Å²) in [5, 5.41) is 0.758. The molecule has 2 rings (SSSR count). The standard InChI is InChI=1S/C14H14Br2N2O2/c1-2-19-12-7-10(8-15)6-11(16)14(12)20-9-13-17-4-3-5-18-13/h3-7H,2,8-9H2,1H3. The van der Waals surface area contributed by atoms with Crippen molar-refractivity contribution in [3.63, 3.8) is 0 Å². The fraction of sp³-hybridized carbons (Fsp3) is 0.286. The molecule has 0 fully saturated rings. The van der Waals surface area contributed by atoms with E-state index in [9.17, 15) is 0 Å². The molecule has 0 saturated carbocycles. The SMILES string of the molecule is CCOc1cc(CBr)cc(Br)c1OCc1ncccn1. The quantitative estimate of drug-likeness (QED) is 0.683. The first kappa shape index (κ1) is 15.3. The van der Waals surface area contributed by atoms with Crippen molar-refractivity contribution in [3.05, 3.63) is 46.5 Å². The van der Waals surface area contributed by atoms with Crippen LogP contribution < -0.4 is 9.47 Å². The lowest BCUT2D eigenvalue weighted by atomic mass is 10.2. The first-order valence-electron chi connectivity index (χ1n) is 6.14. The molecule has 20 heavy (non-hydrogen) atoms. The molecule has 106 valence electrons. The van der Waals surface area contributed by atoms with Gasteiger partial charge < -0.3 is 9.47 Å². The zero-order valence-corrected chi connectivity index (χ0v) is 14.1.